The Morgan fingerprint density at radius 1 is 0.515 bits per heavy atom. The SMILES string of the molecule is CCCCCCCCCCCCC1=CC(CCCCCCCCCCCC)c2ccccc21. The summed E-state index contributed by atoms with van der Waals surface area (Å²) in [6.45, 7) is 4.61. The maximum atomic E-state index is 2.64. The summed E-state index contributed by atoms with van der Waals surface area (Å²) in [5, 5.41) is 0. The van der Waals surface area contributed by atoms with E-state index >= 15 is 0 Å². The van der Waals surface area contributed by atoms with E-state index in [4.69, 9.17) is 0 Å². The second kappa shape index (κ2) is 19.3. The van der Waals surface area contributed by atoms with Gasteiger partial charge in [0.2, 0.25) is 0 Å². The van der Waals surface area contributed by atoms with Gasteiger partial charge in [-0.2, -0.15) is 0 Å². The zero-order valence-corrected chi connectivity index (χ0v) is 22.5. The number of fused-ring (bicyclic) bond motifs is 1. The predicted octanol–water partition coefficient (Wildman–Crippen LogP) is 11.8. The van der Waals surface area contributed by atoms with E-state index < -0.39 is 0 Å². The number of hydrogen-bond acceptors (Lipinski definition) is 0. The van der Waals surface area contributed by atoms with Crippen molar-refractivity contribution in [3.05, 3.63) is 41.5 Å². The third-order valence-electron chi connectivity index (χ3n) is 7.78. The molecule has 1 aliphatic carbocycles. The molecule has 1 aromatic rings. The molecule has 0 aliphatic heterocycles. The summed E-state index contributed by atoms with van der Waals surface area (Å²) >= 11 is 0. The molecule has 0 saturated carbocycles. The van der Waals surface area contributed by atoms with Crippen LogP contribution in [0.3, 0.4) is 0 Å². The van der Waals surface area contributed by atoms with Crippen LogP contribution in [-0.4, -0.2) is 0 Å². The number of rotatable bonds is 22. The first-order valence-electron chi connectivity index (χ1n) is 15.2. The quantitative estimate of drug-likeness (QED) is 0.153. The van der Waals surface area contributed by atoms with Crippen LogP contribution in [0.5, 0.6) is 0 Å². The molecule has 0 aromatic heterocycles. The van der Waals surface area contributed by atoms with E-state index in [0.29, 0.717) is 5.92 Å². The van der Waals surface area contributed by atoms with Crippen molar-refractivity contribution < 1.29 is 0 Å². The molecule has 1 unspecified atom stereocenters. The van der Waals surface area contributed by atoms with Crippen LogP contribution in [0.1, 0.15) is 172 Å². The fraction of sp³-hybridized carbons (Fsp3) is 0.758. The molecule has 1 atom stereocenters. The second-order valence-electron chi connectivity index (χ2n) is 10.8. The standard InChI is InChI=1S/C33H56/c1-3-5-7-9-11-13-15-17-19-21-25-30-29-31(33-28-24-23-27-32(30)33)26-22-20-18-16-14-12-10-8-6-4-2/h23-24,27-30H,3-22,25-26H2,1-2H3. The van der Waals surface area contributed by atoms with Gasteiger partial charge in [-0.05, 0) is 36.0 Å². The lowest BCUT2D eigenvalue weighted by Crippen LogP contribution is -1.93. The molecule has 0 saturated heterocycles. The molecule has 0 amide bonds. The van der Waals surface area contributed by atoms with E-state index in [1.165, 1.54) is 141 Å². The highest BCUT2D eigenvalue weighted by Crippen LogP contribution is 2.40. The molecular formula is C33H56. The minimum atomic E-state index is 0.688. The first kappa shape index (κ1) is 28.2. The Hall–Kier alpha value is -1.04. The summed E-state index contributed by atoms with van der Waals surface area (Å²) in [6, 6.07) is 9.28. The molecule has 0 heterocycles. The van der Waals surface area contributed by atoms with E-state index in [-0.39, 0.29) is 0 Å². The molecule has 0 spiro atoms. The van der Waals surface area contributed by atoms with Crippen LogP contribution in [-0.2, 0) is 0 Å². The monoisotopic (exact) mass is 452 g/mol. The molecule has 1 aromatic carbocycles. The molecule has 0 heteroatoms. The van der Waals surface area contributed by atoms with Gasteiger partial charge in [0, 0.05) is 5.92 Å². The maximum absolute atomic E-state index is 2.64. The van der Waals surface area contributed by atoms with Gasteiger partial charge in [-0.3, -0.25) is 0 Å². The third-order valence-corrected chi connectivity index (χ3v) is 7.78. The summed E-state index contributed by atoms with van der Waals surface area (Å²) in [6.07, 6.45) is 33.9. The Morgan fingerprint density at radius 3 is 1.52 bits per heavy atom. The van der Waals surface area contributed by atoms with Crippen molar-refractivity contribution in [2.75, 3.05) is 0 Å². The molecular weight excluding hydrogens is 396 g/mol. The van der Waals surface area contributed by atoms with Crippen molar-refractivity contribution in [1.82, 2.24) is 0 Å². The Kier molecular flexibility index (Phi) is 16.5. The van der Waals surface area contributed by atoms with E-state index in [1.54, 1.807) is 16.7 Å². The Labute approximate surface area is 208 Å². The maximum Gasteiger partial charge on any atom is 0.00300 e. The van der Waals surface area contributed by atoms with Gasteiger partial charge in [-0.15, -0.1) is 0 Å². The van der Waals surface area contributed by atoms with Gasteiger partial charge >= 0.3 is 0 Å². The van der Waals surface area contributed by atoms with E-state index in [1.807, 2.05) is 0 Å². The molecule has 0 nitrogen and oxygen atoms in total. The third kappa shape index (κ3) is 12.3. The number of unbranched alkanes of at least 4 members (excludes halogenated alkanes) is 18. The van der Waals surface area contributed by atoms with Gasteiger partial charge in [0.15, 0.2) is 0 Å². The minimum absolute atomic E-state index is 0.688. The smallest absolute Gasteiger partial charge is 0.00300 e. The lowest BCUT2D eigenvalue weighted by atomic mass is 9.94. The minimum Gasteiger partial charge on any atom is -0.0732 e. The fourth-order valence-corrected chi connectivity index (χ4v) is 5.65. The Morgan fingerprint density at radius 2 is 0.970 bits per heavy atom. The zero-order chi connectivity index (χ0) is 23.4. The number of hydrogen-bond donors (Lipinski definition) is 0. The fourth-order valence-electron chi connectivity index (χ4n) is 5.65. The summed E-state index contributed by atoms with van der Waals surface area (Å²) in [5.41, 5.74) is 4.85. The average molecular weight is 453 g/mol. The first-order valence-corrected chi connectivity index (χ1v) is 15.2. The van der Waals surface area contributed by atoms with Gasteiger partial charge in [-0.25, -0.2) is 0 Å². The average Bonchev–Trinajstić information content (AvgIpc) is 3.19. The van der Waals surface area contributed by atoms with Crippen molar-refractivity contribution in [1.29, 1.82) is 0 Å². The highest BCUT2D eigenvalue weighted by molar-refractivity contribution is 5.74. The van der Waals surface area contributed by atoms with Gasteiger partial charge in [0.25, 0.3) is 0 Å². The van der Waals surface area contributed by atoms with Crippen LogP contribution in [0.4, 0.5) is 0 Å². The van der Waals surface area contributed by atoms with Crippen molar-refractivity contribution in [3.8, 4) is 0 Å². The first-order chi connectivity index (χ1) is 16.4. The van der Waals surface area contributed by atoms with Crippen LogP contribution < -0.4 is 0 Å². The van der Waals surface area contributed by atoms with Crippen molar-refractivity contribution in [2.24, 2.45) is 0 Å². The van der Waals surface area contributed by atoms with Gasteiger partial charge < -0.3 is 0 Å². The van der Waals surface area contributed by atoms with Crippen LogP contribution in [0.15, 0.2) is 30.3 Å². The summed E-state index contributed by atoms with van der Waals surface area (Å²) in [7, 11) is 0. The Balaban J connectivity index is 1.57. The largest absolute Gasteiger partial charge is 0.0732 e. The predicted molar refractivity (Wildman–Crippen MR) is 150 cm³/mol. The summed E-state index contributed by atoms with van der Waals surface area (Å²) in [5.74, 6) is 0.688. The molecule has 1 aliphatic rings. The highest BCUT2D eigenvalue weighted by atomic mass is 14.3. The van der Waals surface area contributed by atoms with E-state index in [2.05, 4.69) is 44.2 Å². The molecule has 0 N–H and O–H groups in total. The zero-order valence-electron chi connectivity index (χ0n) is 22.5. The normalized spacial score (nSPS) is 15.1. The van der Waals surface area contributed by atoms with E-state index in [0.717, 1.165) is 0 Å². The molecule has 0 radical (unpaired) electrons. The van der Waals surface area contributed by atoms with Crippen molar-refractivity contribution >= 4 is 5.57 Å². The van der Waals surface area contributed by atoms with Gasteiger partial charge in [0.05, 0.1) is 0 Å². The number of allylic oxidation sites excluding steroid dienone is 2. The topological polar surface area (TPSA) is 0 Å². The molecule has 33 heavy (non-hydrogen) atoms. The van der Waals surface area contributed by atoms with Gasteiger partial charge in [-0.1, -0.05) is 166 Å². The Bertz CT molecular complexity index is 610. The second-order valence-corrected chi connectivity index (χ2v) is 10.8. The summed E-state index contributed by atoms with van der Waals surface area (Å²) in [4.78, 5) is 0. The van der Waals surface area contributed by atoms with Crippen LogP contribution in [0, 0.1) is 0 Å². The molecule has 2 rings (SSSR count). The highest BCUT2D eigenvalue weighted by Gasteiger charge is 2.21. The number of benzene rings is 1. The lowest BCUT2D eigenvalue weighted by Gasteiger charge is -2.10. The van der Waals surface area contributed by atoms with Crippen LogP contribution >= 0.6 is 0 Å². The van der Waals surface area contributed by atoms with Gasteiger partial charge in [0.1, 0.15) is 0 Å². The summed E-state index contributed by atoms with van der Waals surface area (Å²) < 4.78 is 0. The van der Waals surface area contributed by atoms with Crippen molar-refractivity contribution in [2.45, 2.75) is 161 Å². The van der Waals surface area contributed by atoms with Crippen molar-refractivity contribution in [3.63, 3.8) is 0 Å². The molecule has 188 valence electrons. The molecule has 0 bridgehead atoms. The van der Waals surface area contributed by atoms with E-state index in [9.17, 15) is 0 Å². The van der Waals surface area contributed by atoms with Crippen LogP contribution in [0.2, 0.25) is 0 Å². The molecule has 0 fully saturated rings. The van der Waals surface area contributed by atoms with Crippen LogP contribution in [0.25, 0.3) is 5.57 Å². The lowest BCUT2D eigenvalue weighted by molar-refractivity contribution is 0.543.